The summed E-state index contributed by atoms with van der Waals surface area (Å²) in [6.45, 7) is 1.81. The maximum Gasteiger partial charge on any atom is 0.150 e. The molecule has 0 unspecified atom stereocenters. The maximum absolute atomic E-state index is 13.8. The van der Waals surface area contributed by atoms with Crippen LogP contribution in [0.1, 0.15) is 30.1 Å². The number of nitrogen functional groups attached to an aromatic ring is 1. The van der Waals surface area contributed by atoms with Gasteiger partial charge in [0.1, 0.15) is 11.6 Å². The highest BCUT2D eigenvalue weighted by molar-refractivity contribution is 5.67. The third-order valence-corrected chi connectivity index (χ3v) is 3.17. The van der Waals surface area contributed by atoms with E-state index in [1.54, 1.807) is 19.2 Å². The zero-order valence-electron chi connectivity index (χ0n) is 10.0. The zero-order valence-corrected chi connectivity index (χ0v) is 10.0. The number of hydrogen-bond acceptors (Lipinski definition) is 4. The number of hydrogen-bond donors (Lipinski definition) is 1. The molecule has 0 bridgehead atoms. The van der Waals surface area contributed by atoms with E-state index < -0.39 is 0 Å². The van der Waals surface area contributed by atoms with Crippen molar-refractivity contribution in [2.75, 3.05) is 5.73 Å². The molecular formula is C13H13FN4. The Morgan fingerprint density at radius 1 is 1.33 bits per heavy atom. The average Bonchev–Trinajstić information content (AvgIpc) is 3.18. The van der Waals surface area contributed by atoms with Gasteiger partial charge in [-0.25, -0.2) is 14.4 Å². The maximum atomic E-state index is 13.8. The van der Waals surface area contributed by atoms with E-state index in [0.717, 1.165) is 18.7 Å². The van der Waals surface area contributed by atoms with Crippen LogP contribution in [-0.2, 0) is 0 Å². The highest BCUT2D eigenvalue weighted by Crippen LogP contribution is 2.39. The molecule has 18 heavy (non-hydrogen) atoms. The van der Waals surface area contributed by atoms with Gasteiger partial charge in [-0.05, 0) is 25.8 Å². The molecule has 92 valence electrons. The summed E-state index contributed by atoms with van der Waals surface area (Å²) in [4.78, 5) is 12.5. The van der Waals surface area contributed by atoms with Crippen LogP contribution in [0.2, 0.25) is 0 Å². The first-order valence-corrected chi connectivity index (χ1v) is 5.90. The van der Waals surface area contributed by atoms with Gasteiger partial charge in [0.25, 0.3) is 0 Å². The van der Waals surface area contributed by atoms with Crippen molar-refractivity contribution in [3.05, 3.63) is 35.7 Å². The van der Waals surface area contributed by atoms with Crippen molar-refractivity contribution in [2.45, 2.75) is 25.7 Å². The Morgan fingerprint density at radius 2 is 2.11 bits per heavy atom. The van der Waals surface area contributed by atoms with Gasteiger partial charge in [-0.15, -0.1) is 0 Å². The van der Waals surface area contributed by atoms with Crippen molar-refractivity contribution >= 4 is 5.82 Å². The van der Waals surface area contributed by atoms with Gasteiger partial charge < -0.3 is 5.73 Å². The molecule has 0 aliphatic heterocycles. The van der Waals surface area contributed by atoms with Gasteiger partial charge >= 0.3 is 0 Å². The fourth-order valence-corrected chi connectivity index (χ4v) is 1.91. The van der Waals surface area contributed by atoms with E-state index in [2.05, 4.69) is 15.0 Å². The molecule has 2 aromatic heterocycles. The van der Waals surface area contributed by atoms with Crippen LogP contribution in [0.4, 0.5) is 10.2 Å². The van der Waals surface area contributed by atoms with Crippen LogP contribution in [0.5, 0.6) is 0 Å². The SMILES string of the molecule is Cc1c(N)nc(C2CC2)nc1-c1ccncc1F. The number of aromatic nitrogens is 3. The molecule has 1 aliphatic carbocycles. The lowest BCUT2D eigenvalue weighted by Crippen LogP contribution is -2.05. The van der Waals surface area contributed by atoms with E-state index >= 15 is 0 Å². The average molecular weight is 244 g/mol. The fourth-order valence-electron chi connectivity index (χ4n) is 1.91. The van der Waals surface area contributed by atoms with Gasteiger partial charge in [0, 0.05) is 23.2 Å². The lowest BCUT2D eigenvalue weighted by molar-refractivity contribution is 0.624. The third-order valence-electron chi connectivity index (χ3n) is 3.17. The molecule has 4 nitrogen and oxygen atoms in total. The number of nitrogens with zero attached hydrogens (tertiary/aromatic N) is 3. The highest BCUT2D eigenvalue weighted by atomic mass is 19.1. The lowest BCUT2D eigenvalue weighted by atomic mass is 10.1. The summed E-state index contributed by atoms with van der Waals surface area (Å²) < 4.78 is 13.8. The molecule has 1 aliphatic rings. The topological polar surface area (TPSA) is 64.7 Å². The summed E-state index contributed by atoms with van der Waals surface area (Å²) in [5.41, 5.74) is 7.60. The summed E-state index contributed by atoms with van der Waals surface area (Å²) in [5.74, 6) is 1.15. The number of rotatable bonds is 2. The number of pyridine rings is 1. The van der Waals surface area contributed by atoms with Crippen molar-refractivity contribution in [1.82, 2.24) is 15.0 Å². The van der Waals surface area contributed by atoms with Gasteiger partial charge in [-0.3, -0.25) is 4.98 Å². The van der Waals surface area contributed by atoms with Crippen molar-refractivity contribution < 1.29 is 4.39 Å². The molecule has 0 amide bonds. The van der Waals surface area contributed by atoms with Crippen LogP contribution in [-0.4, -0.2) is 15.0 Å². The first-order chi connectivity index (χ1) is 8.66. The monoisotopic (exact) mass is 244 g/mol. The predicted octanol–water partition coefficient (Wildman–Crippen LogP) is 2.45. The van der Waals surface area contributed by atoms with Gasteiger partial charge in [-0.1, -0.05) is 0 Å². The fraction of sp³-hybridized carbons (Fsp3) is 0.308. The van der Waals surface area contributed by atoms with Crippen LogP contribution in [0.3, 0.4) is 0 Å². The van der Waals surface area contributed by atoms with Crippen molar-refractivity contribution in [1.29, 1.82) is 0 Å². The van der Waals surface area contributed by atoms with Gasteiger partial charge in [-0.2, -0.15) is 0 Å². The van der Waals surface area contributed by atoms with E-state index in [9.17, 15) is 4.39 Å². The van der Waals surface area contributed by atoms with Crippen LogP contribution >= 0.6 is 0 Å². The normalized spacial score (nSPS) is 14.8. The number of nitrogens with two attached hydrogens (primary N) is 1. The lowest BCUT2D eigenvalue weighted by Gasteiger charge is -2.10. The molecule has 1 fully saturated rings. The van der Waals surface area contributed by atoms with Crippen molar-refractivity contribution in [3.8, 4) is 11.3 Å². The molecule has 2 N–H and O–H groups in total. The van der Waals surface area contributed by atoms with Crippen LogP contribution in [0.25, 0.3) is 11.3 Å². The van der Waals surface area contributed by atoms with Crippen molar-refractivity contribution in [3.63, 3.8) is 0 Å². The summed E-state index contributed by atoms with van der Waals surface area (Å²) in [6, 6.07) is 1.61. The number of anilines is 1. The highest BCUT2D eigenvalue weighted by Gasteiger charge is 2.28. The van der Waals surface area contributed by atoms with E-state index in [0.29, 0.717) is 28.6 Å². The minimum absolute atomic E-state index is 0.386. The quantitative estimate of drug-likeness (QED) is 0.881. The first-order valence-electron chi connectivity index (χ1n) is 5.90. The number of halogens is 1. The minimum atomic E-state index is -0.388. The molecular weight excluding hydrogens is 231 g/mol. The van der Waals surface area contributed by atoms with Crippen LogP contribution in [0, 0.1) is 12.7 Å². The molecule has 1 saturated carbocycles. The van der Waals surface area contributed by atoms with E-state index in [4.69, 9.17) is 5.73 Å². The standard InChI is InChI=1S/C13H13FN4/c1-7-11(9-4-5-16-6-10(9)14)17-13(8-2-3-8)18-12(7)15/h4-6,8H,2-3H2,1H3,(H2,15,17,18). The summed E-state index contributed by atoms with van der Waals surface area (Å²) in [7, 11) is 0. The molecule has 5 heteroatoms. The molecule has 0 saturated heterocycles. The Kier molecular flexibility index (Phi) is 2.47. The largest absolute Gasteiger partial charge is 0.383 e. The third kappa shape index (κ3) is 1.81. The first kappa shape index (κ1) is 11.1. The Bertz CT molecular complexity index is 608. The molecule has 3 rings (SSSR count). The summed E-state index contributed by atoms with van der Waals surface area (Å²) in [5, 5.41) is 0. The van der Waals surface area contributed by atoms with Gasteiger partial charge in [0.15, 0.2) is 5.82 Å². The molecule has 2 heterocycles. The smallest absolute Gasteiger partial charge is 0.150 e. The summed E-state index contributed by atoms with van der Waals surface area (Å²) >= 11 is 0. The zero-order chi connectivity index (χ0) is 12.7. The second-order valence-electron chi connectivity index (χ2n) is 4.57. The van der Waals surface area contributed by atoms with Gasteiger partial charge in [0.05, 0.1) is 11.9 Å². The molecule has 0 aromatic carbocycles. The van der Waals surface area contributed by atoms with Crippen LogP contribution in [0.15, 0.2) is 18.5 Å². The van der Waals surface area contributed by atoms with E-state index in [1.165, 1.54) is 6.20 Å². The molecule has 2 aromatic rings. The Balaban J connectivity index is 2.18. The van der Waals surface area contributed by atoms with Crippen molar-refractivity contribution in [2.24, 2.45) is 0 Å². The second kappa shape index (κ2) is 4.01. The van der Waals surface area contributed by atoms with E-state index in [1.807, 2.05) is 0 Å². The Hall–Kier alpha value is -2.04. The molecule has 0 spiro atoms. The predicted molar refractivity (Wildman–Crippen MR) is 66.3 cm³/mol. The second-order valence-corrected chi connectivity index (χ2v) is 4.57. The van der Waals surface area contributed by atoms with Crippen LogP contribution < -0.4 is 5.73 Å². The summed E-state index contributed by atoms with van der Waals surface area (Å²) in [6.07, 6.45) is 4.90. The Labute approximate surface area is 104 Å². The Morgan fingerprint density at radius 3 is 2.78 bits per heavy atom. The minimum Gasteiger partial charge on any atom is -0.383 e. The molecule has 0 radical (unpaired) electrons. The molecule has 0 atom stereocenters. The van der Waals surface area contributed by atoms with E-state index in [-0.39, 0.29) is 5.82 Å². The van der Waals surface area contributed by atoms with Gasteiger partial charge in [0.2, 0.25) is 0 Å².